The lowest BCUT2D eigenvalue weighted by atomic mass is 9.85. The summed E-state index contributed by atoms with van der Waals surface area (Å²) in [6, 6.07) is 8.74. The van der Waals surface area contributed by atoms with Gasteiger partial charge in [-0.3, -0.25) is 9.69 Å². The molecule has 2 heterocycles. The molecule has 3 N–H and O–H groups in total. The highest BCUT2D eigenvalue weighted by molar-refractivity contribution is 5.81. The lowest BCUT2D eigenvalue weighted by Crippen LogP contribution is -2.53. The molecule has 0 saturated carbocycles. The molecule has 3 rings (SSSR count). The minimum absolute atomic E-state index is 0.0123. The molecule has 144 valence electrons. The first-order valence-electron chi connectivity index (χ1n) is 9.82. The first-order chi connectivity index (χ1) is 12.4. The van der Waals surface area contributed by atoms with Crippen LogP contribution in [-0.4, -0.2) is 48.7 Å². The Kier molecular flexibility index (Phi) is 6.00. The van der Waals surface area contributed by atoms with Crippen LogP contribution in [0, 0.1) is 5.41 Å². The Balaban J connectivity index is 1.61. The summed E-state index contributed by atoms with van der Waals surface area (Å²) in [4.78, 5) is 15.2. The number of hydrogen-bond acceptors (Lipinski definition) is 4. The van der Waals surface area contributed by atoms with Crippen LogP contribution in [0.5, 0.6) is 0 Å². The van der Waals surface area contributed by atoms with E-state index >= 15 is 0 Å². The number of nitrogens with one attached hydrogen (secondary N) is 1. The van der Waals surface area contributed by atoms with Crippen molar-refractivity contribution in [2.45, 2.75) is 64.8 Å². The predicted octanol–water partition coefficient (Wildman–Crippen LogP) is 2.08. The van der Waals surface area contributed by atoms with E-state index in [0.717, 1.165) is 38.9 Å². The van der Waals surface area contributed by atoms with Crippen molar-refractivity contribution in [2.75, 3.05) is 19.6 Å². The quantitative estimate of drug-likeness (QED) is 0.845. The fraction of sp³-hybridized carbons (Fsp3) is 0.667. The number of hydrogen-bond donors (Lipinski definition) is 2. The van der Waals surface area contributed by atoms with Gasteiger partial charge in [0.15, 0.2) is 0 Å². The Morgan fingerprint density at radius 1 is 1.31 bits per heavy atom. The molecule has 26 heavy (non-hydrogen) atoms. The Morgan fingerprint density at radius 2 is 2.04 bits per heavy atom. The highest BCUT2D eigenvalue weighted by Crippen LogP contribution is 2.25. The number of fused-ring (bicyclic) bond motifs is 1. The van der Waals surface area contributed by atoms with Crippen LogP contribution >= 0.6 is 0 Å². The Hall–Kier alpha value is -1.43. The summed E-state index contributed by atoms with van der Waals surface area (Å²) < 4.78 is 5.77. The summed E-state index contributed by atoms with van der Waals surface area (Å²) in [6.07, 6.45) is 2.39. The summed E-state index contributed by atoms with van der Waals surface area (Å²) >= 11 is 0. The standard InChI is InChI=1S/C21H33N3O2/c1-21(2,3)19(23-20(25)18-9-8-17(12-22)26-18)14-24-11-10-15-6-4-5-7-16(15)13-24/h4-7,17-19H,8-14,22H2,1-3H3,(H,23,25)/t17-,18+,19?/m1/s1. The second-order valence-corrected chi connectivity index (χ2v) is 8.74. The zero-order chi connectivity index (χ0) is 18.7. The van der Waals surface area contributed by atoms with Crippen molar-refractivity contribution in [3.63, 3.8) is 0 Å². The summed E-state index contributed by atoms with van der Waals surface area (Å²) in [5.74, 6) is 0.0123. The first kappa shape index (κ1) is 19.3. The van der Waals surface area contributed by atoms with Crippen molar-refractivity contribution in [2.24, 2.45) is 11.1 Å². The third kappa shape index (κ3) is 4.64. The number of benzene rings is 1. The van der Waals surface area contributed by atoms with Gasteiger partial charge in [0, 0.05) is 32.2 Å². The maximum atomic E-state index is 12.7. The van der Waals surface area contributed by atoms with Crippen LogP contribution in [0.3, 0.4) is 0 Å². The van der Waals surface area contributed by atoms with E-state index in [1.54, 1.807) is 0 Å². The average molecular weight is 360 g/mol. The zero-order valence-electron chi connectivity index (χ0n) is 16.3. The largest absolute Gasteiger partial charge is 0.364 e. The zero-order valence-corrected chi connectivity index (χ0v) is 16.3. The van der Waals surface area contributed by atoms with Crippen LogP contribution in [0.1, 0.15) is 44.7 Å². The molecule has 1 aromatic carbocycles. The van der Waals surface area contributed by atoms with E-state index in [1.165, 1.54) is 11.1 Å². The smallest absolute Gasteiger partial charge is 0.249 e. The van der Waals surface area contributed by atoms with E-state index in [0.29, 0.717) is 6.54 Å². The summed E-state index contributed by atoms with van der Waals surface area (Å²) in [5, 5.41) is 3.27. The molecule has 0 aromatic heterocycles. The van der Waals surface area contributed by atoms with Crippen molar-refractivity contribution in [1.82, 2.24) is 10.2 Å². The van der Waals surface area contributed by atoms with Gasteiger partial charge in [0.2, 0.25) is 5.91 Å². The highest BCUT2D eigenvalue weighted by Gasteiger charge is 2.34. The van der Waals surface area contributed by atoms with Gasteiger partial charge in [0.1, 0.15) is 6.10 Å². The number of carbonyl (C=O) groups is 1. The SMILES string of the molecule is CC(C)(C)C(CN1CCc2ccccc2C1)NC(=O)[C@@H]1CC[C@H](CN)O1. The van der Waals surface area contributed by atoms with Crippen LogP contribution < -0.4 is 11.1 Å². The molecule has 1 amide bonds. The number of nitrogens with two attached hydrogens (primary N) is 1. The summed E-state index contributed by atoms with van der Waals surface area (Å²) in [5.41, 5.74) is 8.51. The monoisotopic (exact) mass is 359 g/mol. The van der Waals surface area contributed by atoms with Crippen LogP contribution in [0.2, 0.25) is 0 Å². The minimum Gasteiger partial charge on any atom is -0.364 e. The van der Waals surface area contributed by atoms with Gasteiger partial charge in [-0.2, -0.15) is 0 Å². The van der Waals surface area contributed by atoms with E-state index in [2.05, 4.69) is 55.3 Å². The number of carbonyl (C=O) groups excluding carboxylic acids is 1. The second kappa shape index (κ2) is 8.07. The normalized spacial score (nSPS) is 24.9. The van der Waals surface area contributed by atoms with E-state index in [-0.39, 0.29) is 29.6 Å². The topological polar surface area (TPSA) is 67.6 Å². The van der Waals surface area contributed by atoms with E-state index in [9.17, 15) is 4.79 Å². The van der Waals surface area contributed by atoms with E-state index in [4.69, 9.17) is 10.5 Å². The fourth-order valence-electron chi connectivity index (χ4n) is 3.84. The van der Waals surface area contributed by atoms with Crippen molar-refractivity contribution < 1.29 is 9.53 Å². The Labute approximate surface area is 157 Å². The van der Waals surface area contributed by atoms with Gasteiger partial charge in [0.25, 0.3) is 0 Å². The average Bonchev–Trinajstić information content (AvgIpc) is 3.09. The third-order valence-electron chi connectivity index (χ3n) is 5.68. The van der Waals surface area contributed by atoms with Crippen molar-refractivity contribution in [1.29, 1.82) is 0 Å². The maximum Gasteiger partial charge on any atom is 0.249 e. The van der Waals surface area contributed by atoms with Gasteiger partial charge in [-0.25, -0.2) is 0 Å². The molecule has 1 unspecified atom stereocenters. The minimum atomic E-state index is -0.351. The second-order valence-electron chi connectivity index (χ2n) is 8.74. The maximum absolute atomic E-state index is 12.7. The molecule has 1 saturated heterocycles. The number of nitrogens with zero attached hydrogens (tertiary/aromatic N) is 1. The predicted molar refractivity (Wildman–Crippen MR) is 104 cm³/mol. The molecular weight excluding hydrogens is 326 g/mol. The number of rotatable bonds is 5. The molecule has 0 spiro atoms. The molecule has 5 nitrogen and oxygen atoms in total. The molecule has 2 aliphatic heterocycles. The molecule has 1 fully saturated rings. The first-order valence-corrected chi connectivity index (χ1v) is 9.82. The van der Waals surface area contributed by atoms with E-state index in [1.807, 2.05) is 0 Å². The van der Waals surface area contributed by atoms with Crippen LogP contribution in [-0.2, 0) is 22.5 Å². The Bertz CT molecular complexity index is 626. The van der Waals surface area contributed by atoms with Gasteiger partial charge in [-0.15, -0.1) is 0 Å². The molecule has 0 bridgehead atoms. The van der Waals surface area contributed by atoms with Gasteiger partial charge in [0.05, 0.1) is 6.10 Å². The van der Waals surface area contributed by atoms with Crippen molar-refractivity contribution >= 4 is 5.91 Å². The molecule has 0 radical (unpaired) electrons. The van der Waals surface area contributed by atoms with Gasteiger partial charge in [-0.1, -0.05) is 45.0 Å². The molecular formula is C21H33N3O2. The molecule has 2 aliphatic rings. The van der Waals surface area contributed by atoms with Crippen LogP contribution in [0.25, 0.3) is 0 Å². The fourth-order valence-corrected chi connectivity index (χ4v) is 3.84. The number of amides is 1. The Morgan fingerprint density at radius 3 is 2.69 bits per heavy atom. The lowest BCUT2D eigenvalue weighted by molar-refractivity contribution is -0.133. The third-order valence-corrected chi connectivity index (χ3v) is 5.68. The molecule has 3 atom stereocenters. The van der Waals surface area contributed by atoms with Gasteiger partial charge < -0.3 is 15.8 Å². The molecule has 0 aliphatic carbocycles. The van der Waals surface area contributed by atoms with Crippen LogP contribution in [0.4, 0.5) is 0 Å². The molecule has 5 heteroatoms. The molecule has 1 aromatic rings. The van der Waals surface area contributed by atoms with Gasteiger partial charge in [-0.05, 0) is 35.8 Å². The highest BCUT2D eigenvalue weighted by atomic mass is 16.5. The van der Waals surface area contributed by atoms with Crippen LogP contribution in [0.15, 0.2) is 24.3 Å². The lowest BCUT2D eigenvalue weighted by Gasteiger charge is -2.38. The number of ether oxygens (including phenoxy) is 1. The summed E-state index contributed by atoms with van der Waals surface area (Å²) in [7, 11) is 0. The summed E-state index contributed by atoms with van der Waals surface area (Å²) in [6.45, 7) is 9.90. The van der Waals surface area contributed by atoms with Crippen molar-refractivity contribution in [3.05, 3.63) is 35.4 Å². The van der Waals surface area contributed by atoms with E-state index < -0.39 is 0 Å². The van der Waals surface area contributed by atoms with Gasteiger partial charge >= 0.3 is 0 Å². The van der Waals surface area contributed by atoms with Crippen molar-refractivity contribution in [3.8, 4) is 0 Å².